The van der Waals surface area contributed by atoms with Crippen LogP contribution in [0.2, 0.25) is 0 Å². The number of halogens is 1. The summed E-state index contributed by atoms with van der Waals surface area (Å²) >= 11 is 0. The van der Waals surface area contributed by atoms with Gasteiger partial charge < -0.3 is 9.47 Å². The molecule has 0 amide bonds. The minimum Gasteiger partial charge on any atom is -0.490 e. The number of nitrogens with zero attached hydrogens (tertiary/aromatic N) is 1. The average molecular weight is 384 g/mol. The number of aromatic nitrogens is 1. The molecule has 0 saturated heterocycles. The molecule has 0 spiro atoms. The van der Waals surface area contributed by atoms with E-state index in [0.717, 1.165) is 48.4 Å². The average Bonchev–Trinajstić information content (AvgIpc) is 2.72. The Morgan fingerprint density at radius 1 is 0.714 bits per heavy atom. The molecule has 0 bridgehead atoms. The van der Waals surface area contributed by atoms with Crippen LogP contribution in [0.5, 0.6) is 11.6 Å². The van der Waals surface area contributed by atoms with Gasteiger partial charge in [0.2, 0.25) is 5.88 Å². The number of hydrogen-bond acceptors (Lipinski definition) is 3. The first-order valence-corrected chi connectivity index (χ1v) is 10.5. The number of unbranched alkanes of at least 4 members (excludes halogenated alkanes) is 5. The van der Waals surface area contributed by atoms with Crippen molar-refractivity contribution in [1.82, 2.24) is 4.98 Å². The lowest BCUT2D eigenvalue weighted by Gasteiger charge is -2.11. The van der Waals surface area contributed by atoms with Crippen molar-refractivity contribution in [2.24, 2.45) is 0 Å². The Morgan fingerprint density at radius 3 is 2.21 bits per heavy atom. The molecule has 0 unspecified atom stereocenters. The fourth-order valence-electron chi connectivity index (χ4n) is 3.38. The first kappa shape index (κ1) is 20.4. The summed E-state index contributed by atoms with van der Waals surface area (Å²) in [5, 5.41) is 2.34. The lowest BCUT2D eigenvalue weighted by atomic mass is 10.0. The minimum atomic E-state index is -0.296. The van der Waals surface area contributed by atoms with Crippen LogP contribution < -0.4 is 9.47 Å². The third-order valence-electron chi connectivity index (χ3n) is 4.99. The third-order valence-corrected chi connectivity index (χ3v) is 4.99. The standard InChI is InChI=1S/C24H30FNO2/c1-3-5-7-9-16-27-22-14-11-18-19-12-15-23(28-17-8-6-4-2)26-21(19)13-10-20(18)24(22)25/h10-15H,3-9,16-17H2,1-2H3. The van der Waals surface area contributed by atoms with E-state index in [1.165, 1.54) is 12.8 Å². The molecular formula is C24H30FNO2. The lowest BCUT2D eigenvalue weighted by Crippen LogP contribution is -2.00. The number of hydrogen-bond donors (Lipinski definition) is 0. The number of rotatable bonds is 11. The largest absolute Gasteiger partial charge is 0.490 e. The van der Waals surface area contributed by atoms with Crippen LogP contribution in [0.15, 0.2) is 36.4 Å². The maximum Gasteiger partial charge on any atom is 0.213 e. The summed E-state index contributed by atoms with van der Waals surface area (Å²) in [7, 11) is 0. The predicted octanol–water partition coefficient (Wildman–Crippen LogP) is 7.06. The Hall–Kier alpha value is -2.36. The fourth-order valence-corrected chi connectivity index (χ4v) is 3.38. The van der Waals surface area contributed by atoms with E-state index in [4.69, 9.17) is 9.47 Å². The second-order valence-corrected chi connectivity index (χ2v) is 7.22. The molecular weight excluding hydrogens is 353 g/mol. The van der Waals surface area contributed by atoms with Crippen LogP contribution in [0.25, 0.3) is 21.7 Å². The smallest absolute Gasteiger partial charge is 0.213 e. The van der Waals surface area contributed by atoms with Gasteiger partial charge in [-0.3, -0.25) is 0 Å². The molecule has 1 aromatic heterocycles. The van der Waals surface area contributed by atoms with E-state index in [9.17, 15) is 4.39 Å². The summed E-state index contributed by atoms with van der Waals surface area (Å²) in [5.74, 6) is 0.650. The predicted molar refractivity (Wildman–Crippen MR) is 114 cm³/mol. The van der Waals surface area contributed by atoms with Crippen LogP contribution in [0.4, 0.5) is 4.39 Å². The van der Waals surface area contributed by atoms with Gasteiger partial charge in [0, 0.05) is 16.8 Å². The monoisotopic (exact) mass is 383 g/mol. The van der Waals surface area contributed by atoms with E-state index < -0.39 is 0 Å². The van der Waals surface area contributed by atoms with Crippen molar-refractivity contribution in [2.75, 3.05) is 13.2 Å². The van der Waals surface area contributed by atoms with E-state index >= 15 is 0 Å². The molecule has 150 valence electrons. The van der Waals surface area contributed by atoms with Gasteiger partial charge in [0.25, 0.3) is 0 Å². The molecule has 0 aliphatic rings. The zero-order valence-corrected chi connectivity index (χ0v) is 17.0. The number of fused-ring (bicyclic) bond motifs is 3. The fraction of sp³-hybridized carbons (Fsp3) is 0.458. The van der Waals surface area contributed by atoms with Crippen LogP contribution >= 0.6 is 0 Å². The van der Waals surface area contributed by atoms with E-state index in [2.05, 4.69) is 18.8 Å². The van der Waals surface area contributed by atoms with E-state index in [0.29, 0.717) is 30.2 Å². The quantitative estimate of drug-likeness (QED) is 0.262. The van der Waals surface area contributed by atoms with E-state index in [-0.39, 0.29) is 5.82 Å². The Bertz CT molecular complexity index is 910. The first-order chi connectivity index (χ1) is 13.7. The van der Waals surface area contributed by atoms with Crippen LogP contribution in [-0.4, -0.2) is 18.2 Å². The zero-order valence-electron chi connectivity index (χ0n) is 17.0. The number of ether oxygens (including phenoxy) is 2. The lowest BCUT2D eigenvalue weighted by molar-refractivity contribution is 0.292. The molecule has 0 aliphatic carbocycles. The van der Waals surface area contributed by atoms with Gasteiger partial charge in [-0.2, -0.15) is 0 Å². The van der Waals surface area contributed by atoms with Gasteiger partial charge in [0.15, 0.2) is 11.6 Å². The van der Waals surface area contributed by atoms with E-state index in [1.54, 1.807) is 12.1 Å². The third kappa shape index (κ3) is 4.92. The van der Waals surface area contributed by atoms with Crippen LogP contribution in [0.1, 0.15) is 58.8 Å². The van der Waals surface area contributed by atoms with Crippen molar-refractivity contribution in [3.8, 4) is 11.6 Å². The topological polar surface area (TPSA) is 31.4 Å². The van der Waals surface area contributed by atoms with Crippen molar-refractivity contribution in [3.63, 3.8) is 0 Å². The number of pyridine rings is 1. The summed E-state index contributed by atoms with van der Waals surface area (Å²) in [5.41, 5.74) is 0.813. The van der Waals surface area contributed by atoms with Crippen molar-refractivity contribution >= 4 is 21.7 Å². The van der Waals surface area contributed by atoms with Gasteiger partial charge >= 0.3 is 0 Å². The molecule has 0 saturated carbocycles. The molecule has 28 heavy (non-hydrogen) atoms. The highest BCUT2D eigenvalue weighted by Crippen LogP contribution is 2.32. The second-order valence-electron chi connectivity index (χ2n) is 7.22. The minimum absolute atomic E-state index is 0.296. The van der Waals surface area contributed by atoms with Gasteiger partial charge in [-0.25, -0.2) is 9.37 Å². The van der Waals surface area contributed by atoms with Crippen LogP contribution in [-0.2, 0) is 0 Å². The van der Waals surface area contributed by atoms with Gasteiger partial charge in [-0.05, 0) is 48.6 Å². The number of benzene rings is 2. The molecule has 0 N–H and O–H groups in total. The Labute approximate surface area is 166 Å². The molecule has 3 nitrogen and oxygen atoms in total. The molecule has 0 atom stereocenters. The second kappa shape index (κ2) is 10.3. The van der Waals surface area contributed by atoms with Crippen molar-refractivity contribution in [2.45, 2.75) is 58.8 Å². The highest BCUT2D eigenvalue weighted by molar-refractivity contribution is 6.06. The molecule has 0 aliphatic heterocycles. The van der Waals surface area contributed by atoms with Crippen LogP contribution in [0, 0.1) is 5.82 Å². The Morgan fingerprint density at radius 2 is 1.39 bits per heavy atom. The summed E-state index contributed by atoms with van der Waals surface area (Å²) in [4.78, 5) is 4.58. The summed E-state index contributed by atoms with van der Waals surface area (Å²) in [6, 6.07) is 11.1. The maximum atomic E-state index is 14.9. The molecule has 3 rings (SSSR count). The van der Waals surface area contributed by atoms with Gasteiger partial charge in [-0.15, -0.1) is 0 Å². The van der Waals surface area contributed by atoms with E-state index in [1.807, 2.05) is 24.3 Å². The molecule has 3 aromatic rings. The zero-order chi connectivity index (χ0) is 19.8. The molecule has 4 heteroatoms. The summed E-state index contributed by atoms with van der Waals surface area (Å²) in [6.07, 6.45) is 7.78. The highest BCUT2D eigenvalue weighted by Gasteiger charge is 2.12. The van der Waals surface area contributed by atoms with Gasteiger partial charge in [0.05, 0.1) is 18.7 Å². The molecule has 1 heterocycles. The molecule has 0 fully saturated rings. The van der Waals surface area contributed by atoms with Crippen LogP contribution in [0.3, 0.4) is 0 Å². The van der Waals surface area contributed by atoms with Crippen molar-refractivity contribution in [3.05, 3.63) is 42.2 Å². The van der Waals surface area contributed by atoms with Gasteiger partial charge in [0.1, 0.15) is 0 Å². The summed E-state index contributed by atoms with van der Waals surface area (Å²) in [6.45, 7) is 5.57. The van der Waals surface area contributed by atoms with Crippen molar-refractivity contribution < 1.29 is 13.9 Å². The molecule has 0 radical (unpaired) electrons. The normalized spacial score (nSPS) is 11.2. The highest BCUT2D eigenvalue weighted by atomic mass is 19.1. The Kier molecular flexibility index (Phi) is 7.46. The first-order valence-electron chi connectivity index (χ1n) is 10.5. The maximum absolute atomic E-state index is 14.9. The Balaban J connectivity index is 1.77. The SMILES string of the molecule is CCCCCCOc1ccc2c(ccc3nc(OCCCCC)ccc32)c1F. The molecule has 2 aromatic carbocycles. The summed E-state index contributed by atoms with van der Waals surface area (Å²) < 4.78 is 26.3. The van der Waals surface area contributed by atoms with Crippen molar-refractivity contribution in [1.29, 1.82) is 0 Å². The van der Waals surface area contributed by atoms with Gasteiger partial charge in [-0.1, -0.05) is 46.0 Å².